The molecule has 0 aromatic carbocycles. The summed E-state index contributed by atoms with van der Waals surface area (Å²) >= 11 is 0. The summed E-state index contributed by atoms with van der Waals surface area (Å²) in [4.78, 5) is 1.61. The summed E-state index contributed by atoms with van der Waals surface area (Å²) in [5.41, 5.74) is 0.0364. The van der Waals surface area contributed by atoms with E-state index in [1.807, 2.05) is 6.92 Å². The van der Waals surface area contributed by atoms with Crippen molar-refractivity contribution in [1.29, 1.82) is 0 Å². The highest BCUT2D eigenvalue weighted by Crippen LogP contribution is 2.37. The molecule has 1 aliphatic carbocycles. The molecule has 0 bridgehead atoms. The summed E-state index contributed by atoms with van der Waals surface area (Å²) in [5.74, 6) is 0. The lowest BCUT2D eigenvalue weighted by atomic mass is 9.73. The zero-order valence-electron chi connectivity index (χ0n) is 12.9. The fourth-order valence-electron chi connectivity index (χ4n) is 3.34. The number of nitrogens with one attached hydrogen (secondary N) is 1. The van der Waals surface area contributed by atoms with Crippen molar-refractivity contribution in [2.75, 3.05) is 32.7 Å². The topological polar surface area (TPSA) is 15.3 Å². The second-order valence-corrected chi connectivity index (χ2v) is 6.17. The molecule has 0 atom stereocenters. The number of alkyl halides is 3. The molecule has 5 heteroatoms. The van der Waals surface area contributed by atoms with Gasteiger partial charge in [-0.3, -0.25) is 4.90 Å². The van der Waals surface area contributed by atoms with Crippen LogP contribution in [0.3, 0.4) is 0 Å². The summed E-state index contributed by atoms with van der Waals surface area (Å²) in [6.45, 7) is 6.07. The molecule has 0 aromatic rings. The van der Waals surface area contributed by atoms with E-state index in [9.17, 15) is 13.2 Å². The Labute approximate surface area is 121 Å². The first-order valence-corrected chi connectivity index (χ1v) is 7.90. The lowest BCUT2D eigenvalue weighted by Gasteiger charge is -2.41. The van der Waals surface area contributed by atoms with Gasteiger partial charge >= 0.3 is 6.18 Å². The van der Waals surface area contributed by atoms with Crippen LogP contribution in [0.4, 0.5) is 13.2 Å². The normalized spacial score (nSPS) is 19.5. The first-order valence-electron chi connectivity index (χ1n) is 7.90. The molecule has 1 fully saturated rings. The minimum Gasteiger partial charge on any atom is -0.316 e. The third-order valence-corrected chi connectivity index (χ3v) is 4.17. The number of halogens is 3. The first kappa shape index (κ1) is 17.8. The minimum absolute atomic E-state index is 0.0364. The van der Waals surface area contributed by atoms with E-state index < -0.39 is 12.7 Å². The van der Waals surface area contributed by atoms with E-state index in [0.29, 0.717) is 13.1 Å². The van der Waals surface area contributed by atoms with Gasteiger partial charge in [-0.15, -0.1) is 0 Å². The molecule has 0 aromatic heterocycles. The molecule has 0 radical (unpaired) electrons. The summed E-state index contributed by atoms with van der Waals surface area (Å²) in [7, 11) is 0. The Morgan fingerprint density at radius 2 is 1.75 bits per heavy atom. The van der Waals surface area contributed by atoms with Crippen LogP contribution in [0.5, 0.6) is 0 Å². The van der Waals surface area contributed by atoms with Crippen molar-refractivity contribution in [3.8, 4) is 0 Å². The smallest absolute Gasteiger partial charge is 0.316 e. The molecule has 1 saturated carbocycles. The van der Waals surface area contributed by atoms with Crippen LogP contribution in [0, 0.1) is 5.41 Å². The molecular weight excluding hydrogens is 265 g/mol. The summed E-state index contributed by atoms with van der Waals surface area (Å²) in [6, 6.07) is 0. The van der Waals surface area contributed by atoms with Gasteiger partial charge in [-0.05, 0) is 37.8 Å². The molecule has 0 unspecified atom stereocenters. The molecule has 20 heavy (non-hydrogen) atoms. The molecule has 2 nitrogen and oxygen atoms in total. The second-order valence-electron chi connectivity index (χ2n) is 6.17. The molecule has 0 heterocycles. The third-order valence-electron chi connectivity index (χ3n) is 4.17. The van der Waals surface area contributed by atoms with Crippen molar-refractivity contribution >= 4 is 0 Å². The van der Waals surface area contributed by atoms with E-state index in [1.165, 1.54) is 6.42 Å². The van der Waals surface area contributed by atoms with Crippen LogP contribution in [0.15, 0.2) is 0 Å². The van der Waals surface area contributed by atoms with Crippen molar-refractivity contribution < 1.29 is 13.2 Å². The lowest BCUT2D eigenvalue weighted by molar-refractivity contribution is -0.149. The van der Waals surface area contributed by atoms with E-state index in [4.69, 9.17) is 0 Å². The molecule has 0 spiro atoms. The largest absolute Gasteiger partial charge is 0.401 e. The van der Waals surface area contributed by atoms with E-state index in [2.05, 4.69) is 12.2 Å². The SMILES string of the molecule is CCCN(CC(F)(F)F)CC1(CNCC)CCCCC1. The number of rotatable bonds is 8. The van der Waals surface area contributed by atoms with Crippen LogP contribution in [0.2, 0.25) is 0 Å². The molecule has 1 N–H and O–H groups in total. The van der Waals surface area contributed by atoms with Crippen LogP contribution in [-0.2, 0) is 0 Å². The van der Waals surface area contributed by atoms with E-state index >= 15 is 0 Å². The Hall–Kier alpha value is -0.290. The minimum atomic E-state index is -4.09. The molecule has 120 valence electrons. The van der Waals surface area contributed by atoms with E-state index in [0.717, 1.165) is 45.2 Å². The van der Waals surface area contributed by atoms with Crippen LogP contribution >= 0.6 is 0 Å². The van der Waals surface area contributed by atoms with Gasteiger partial charge < -0.3 is 5.32 Å². The van der Waals surface area contributed by atoms with Crippen LogP contribution in [0.25, 0.3) is 0 Å². The second kappa shape index (κ2) is 8.23. The van der Waals surface area contributed by atoms with Crippen LogP contribution < -0.4 is 5.32 Å². The maximum Gasteiger partial charge on any atom is 0.401 e. The van der Waals surface area contributed by atoms with E-state index in [-0.39, 0.29) is 5.41 Å². The van der Waals surface area contributed by atoms with Gasteiger partial charge in [0.05, 0.1) is 6.54 Å². The van der Waals surface area contributed by atoms with Gasteiger partial charge in [-0.1, -0.05) is 33.1 Å². The van der Waals surface area contributed by atoms with Crippen molar-refractivity contribution in [3.63, 3.8) is 0 Å². The number of hydrogen-bond donors (Lipinski definition) is 1. The fourth-order valence-corrected chi connectivity index (χ4v) is 3.34. The van der Waals surface area contributed by atoms with Gasteiger partial charge in [-0.2, -0.15) is 13.2 Å². The Kier molecular flexibility index (Phi) is 7.30. The lowest BCUT2D eigenvalue weighted by Crippen LogP contribution is -2.48. The highest BCUT2D eigenvalue weighted by atomic mass is 19.4. The van der Waals surface area contributed by atoms with Gasteiger partial charge in [0.15, 0.2) is 0 Å². The van der Waals surface area contributed by atoms with Crippen LogP contribution in [-0.4, -0.2) is 43.8 Å². The average molecular weight is 294 g/mol. The molecule has 0 aliphatic heterocycles. The maximum absolute atomic E-state index is 12.7. The molecule has 1 rings (SSSR count). The predicted molar refractivity (Wildman–Crippen MR) is 76.8 cm³/mol. The van der Waals surface area contributed by atoms with Gasteiger partial charge in [0.25, 0.3) is 0 Å². The quantitative estimate of drug-likeness (QED) is 0.732. The fraction of sp³-hybridized carbons (Fsp3) is 1.00. The maximum atomic E-state index is 12.7. The highest BCUT2D eigenvalue weighted by Gasteiger charge is 2.37. The first-order chi connectivity index (χ1) is 9.41. The monoisotopic (exact) mass is 294 g/mol. The highest BCUT2D eigenvalue weighted by molar-refractivity contribution is 4.88. The van der Waals surface area contributed by atoms with Crippen molar-refractivity contribution in [3.05, 3.63) is 0 Å². The van der Waals surface area contributed by atoms with Gasteiger partial charge in [0, 0.05) is 13.1 Å². The van der Waals surface area contributed by atoms with Gasteiger partial charge in [-0.25, -0.2) is 0 Å². The zero-order valence-corrected chi connectivity index (χ0v) is 12.9. The van der Waals surface area contributed by atoms with Crippen molar-refractivity contribution in [2.45, 2.75) is 58.5 Å². The van der Waals surface area contributed by atoms with E-state index in [1.54, 1.807) is 4.90 Å². The van der Waals surface area contributed by atoms with Crippen LogP contribution in [0.1, 0.15) is 52.4 Å². The Morgan fingerprint density at radius 1 is 1.10 bits per heavy atom. The summed E-state index contributed by atoms with van der Waals surface area (Å²) < 4.78 is 38.1. The third kappa shape index (κ3) is 6.44. The predicted octanol–water partition coefficient (Wildman–Crippen LogP) is 3.82. The molecule has 0 amide bonds. The van der Waals surface area contributed by atoms with Crippen molar-refractivity contribution in [1.82, 2.24) is 10.2 Å². The summed E-state index contributed by atoms with van der Waals surface area (Å²) in [5, 5.41) is 3.36. The molecular formula is C15H29F3N2. The van der Waals surface area contributed by atoms with Gasteiger partial charge in [0.1, 0.15) is 0 Å². The Morgan fingerprint density at radius 3 is 2.25 bits per heavy atom. The average Bonchev–Trinajstić information content (AvgIpc) is 2.36. The zero-order chi connectivity index (χ0) is 15.1. The molecule has 1 aliphatic rings. The van der Waals surface area contributed by atoms with Crippen molar-refractivity contribution in [2.24, 2.45) is 5.41 Å². The Bertz CT molecular complexity index is 260. The standard InChI is InChI=1S/C15H29F3N2/c1-3-10-20(13-15(16,17)18)12-14(11-19-4-2)8-6-5-7-9-14/h19H,3-13H2,1-2H3. The summed E-state index contributed by atoms with van der Waals surface area (Å²) in [6.07, 6.45) is 2.31. The number of nitrogens with zero attached hydrogens (tertiary/aromatic N) is 1. The van der Waals surface area contributed by atoms with Gasteiger partial charge in [0.2, 0.25) is 0 Å². The molecule has 0 saturated heterocycles. The number of hydrogen-bond acceptors (Lipinski definition) is 2. The Balaban J connectivity index is 2.67.